The molecule has 5 fully saturated rings. The van der Waals surface area contributed by atoms with Gasteiger partial charge >= 0.3 is 0 Å². The molecule has 2 aromatic carbocycles. The summed E-state index contributed by atoms with van der Waals surface area (Å²) in [5.41, 5.74) is 14.8. The van der Waals surface area contributed by atoms with Gasteiger partial charge in [0.15, 0.2) is 5.82 Å². The molecule has 83 heavy (non-hydrogen) atoms. The van der Waals surface area contributed by atoms with Crippen molar-refractivity contribution in [2.45, 2.75) is 128 Å². The van der Waals surface area contributed by atoms with Gasteiger partial charge in [0.25, 0.3) is 0 Å². The number of nitrogens with one attached hydrogen (secondary N) is 2. The largest absolute Gasteiger partial charge is 0.507 e. The van der Waals surface area contributed by atoms with Crippen LogP contribution in [0.25, 0.3) is 21.7 Å². The maximum atomic E-state index is 14.3. The lowest BCUT2D eigenvalue weighted by Gasteiger charge is -2.43. The van der Waals surface area contributed by atoms with Crippen LogP contribution in [0.15, 0.2) is 96.8 Å². The topological polar surface area (TPSA) is 241 Å². The number of nitrogens with two attached hydrogens (primary N) is 1. The van der Waals surface area contributed by atoms with Crippen LogP contribution in [0, 0.1) is 12.3 Å². The number of aromatic nitrogens is 5. The summed E-state index contributed by atoms with van der Waals surface area (Å²) < 4.78 is 12.6. The number of hydrogen-bond acceptors (Lipinski definition) is 18. The number of ether oxygens (including phenoxy) is 2. The molecule has 4 aromatic heterocycles. The number of aliphatic hydroxyl groups is 1. The number of β-amino-alcohol motifs (C(OH)–C–C–N with tert-alkyl or cyclic N) is 1. The molecule has 6 atom stereocenters. The number of anilines is 4. The smallest absolute Gasteiger partial charge is 0.246 e. The first-order valence-electron chi connectivity index (χ1n) is 29.2. The zero-order valence-corrected chi connectivity index (χ0v) is 48.9. The molecule has 21 heteroatoms. The Labute approximate surface area is 489 Å². The SMILES string of the molecule is Cc1ncsc1-c1ccc([C@H](C)NC(=O)[C@@H]2C[C@@H](O)CN2C(=O)[C@@H](NC(=O)CN2CCN(c3ccc(CCCO[C@H]4C[C@H](Oc5cc(N6C7CCC6CN(c6cc(-c8ccccc8O)nnc6N)C7)ccn5)C4)cn3)CC2)C(C)(C)C)cc1. The van der Waals surface area contributed by atoms with Crippen molar-refractivity contribution in [1.82, 2.24) is 45.6 Å². The number of likely N-dealkylation sites (tertiary alicyclic amines) is 1. The van der Waals surface area contributed by atoms with E-state index in [-0.39, 0.29) is 73.3 Å². The second-order valence-corrected chi connectivity index (χ2v) is 24.9. The number of carbonyl (C=O) groups excluding carboxylic acids is 3. The third-order valence-corrected chi connectivity index (χ3v) is 18.0. The summed E-state index contributed by atoms with van der Waals surface area (Å²) in [5, 5.41) is 35.9. The van der Waals surface area contributed by atoms with Gasteiger partial charge in [-0.2, -0.15) is 0 Å². The monoisotopic (exact) mass is 1150 g/mol. The zero-order valence-electron chi connectivity index (χ0n) is 48.1. The molecule has 20 nitrogen and oxygen atoms in total. The number of phenolic OH excluding ortho intramolecular Hbond substituents is 1. The number of thiazole rings is 1. The van der Waals surface area contributed by atoms with Crippen molar-refractivity contribution in [3.8, 4) is 33.3 Å². The van der Waals surface area contributed by atoms with Crippen molar-refractivity contribution in [1.29, 1.82) is 0 Å². The minimum absolute atomic E-state index is 0.00956. The Kier molecular flexibility index (Phi) is 17.1. The number of carbonyl (C=O) groups is 3. The van der Waals surface area contributed by atoms with Crippen LogP contribution in [0.3, 0.4) is 0 Å². The summed E-state index contributed by atoms with van der Waals surface area (Å²) in [7, 11) is 0. The highest BCUT2D eigenvalue weighted by Crippen LogP contribution is 2.40. The number of piperazine rings is 2. The van der Waals surface area contributed by atoms with Gasteiger partial charge in [-0.25, -0.2) is 15.0 Å². The molecule has 0 radical (unpaired) electrons. The van der Waals surface area contributed by atoms with Crippen LogP contribution in [-0.4, -0.2) is 164 Å². The lowest BCUT2D eigenvalue weighted by Crippen LogP contribution is -2.59. The molecule has 5 aliphatic rings. The van der Waals surface area contributed by atoms with Gasteiger partial charge in [-0.15, -0.1) is 21.5 Å². The van der Waals surface area contributed by atoms with Crippen LogP contribution < -0.4 is 35.8 Å². The van der Waals surface area contributed by atoms with E-state index in [4.69, 9.17) is 20.2 Å². The normalized spacial score (nSPS) is 22.5. The van der Waals surface area contributed by atoms with Gasteiger partial charge < -0.3 is 55.7 Å². The second-order valence-electron chi connectivity index (χ2n) is 24.0. The van der Waals surface area contributed by atoms with Crippen LogP contribution in [0.2, 0.25) is 0 Å². The van der Waals surface area contributed by atoms with E-state index in [1.807, 2.05) is 95.0 Å². The third kappa shape index (κ3) is 13.2. The number of aryl methyl sites for hydroxylation is 2. The van der Waals surface area contributed by atoms with Gasteiger partial charge in [-0.3, -0.25) is 19.3 Å². The van der Waals surface area contributed by atoms with E-state index in [9.17, 15) is 24.6 Å². The molecule has 11 rings (SSSR count). The first-order valence-corrected chi connectivity index (χ1v) is 30.1. The van der Waals surface area contributed by atoms with Crippen LogP contribution in [-0.2, 0) is 25.5 Å². The second kappa shape index (κ2) is 24.8. The maximum absolute atomic E-state index is 14.3. The number of para-hydroxylation sites is 1. The zero-order chi connectivity index (χ0) is 57.9. The Hall–Kier alpha value is -7.46. The molecule has 3 amide bonds. The van der Waals surface area contributed by atoms with Gasteiger partial charge in [0, 0.05) is 113 Å². The Balaban J connectivity index is 0.581. The fraction of sp³-hybridized carbons (Fsp3) is 0.484. The van der Waals surface area contributed by atoms with Crippen LogP contribution >= 0.6 is 11.3 Å². The first-order chi connectivity index (χ1) is 40.0. The number of aromatic hydroxyl groups is 1. The number of benzene rings is 2. The fourth-order valence-electron chi connectivity index (χ4n) is 12.4. The van der Waals surface area contributed by atoms with E-state index < -0.39 is 23.6 Å². The average molecular weight is 1150 g/mol. The van der Waals surface area contributed by atoms with E-state index in [0.717, 1.165) is 96.1 Å². The lowest BCUT2D eigenvalue weighted by molar-refractivity contribution is -0.144. The molecular formula is C62H77N13O7S. The van der Waals surface area contributed by atoms with Crippen molar-refractivity contribution >= 4 is 52.1 Å². The third-order valence-electron chi connectivity index (χ3n) is 17.1. The molecule has 0 spiro atoms. The summed E-state index contributed by atoms with van der Waals surface area (Å²) in [5.74, 6) is 1.08. The average Bonchev–Trinajstić information content (AvgIpc) is 4.03. The fourth-order valence-corrected chi connectivity index (χ4v) is 13.2. The predicted molar refractivity (Wildman–Crippen MR) is 320 cm³/mol. The Bertz CT molecular complexity index is 3220. The van der Waals surface area contributed by atoms with Gasteiger partial charge in [-0.05, 0) is 92.0 Å². The van der Waals surface area contributed by atoms with Crippen molar-refractivity contribution in [3.63, 3.8) is 0 Å². The predicted octanol–water partition coefficient (Wildman–Crippen LogP) is 6.56. The van der Waals surface area contributed by atoms with Crippen molar-refractivity contribution in [2.24, 2.45) is 5.41 Å². The van der Waals surface area contributed by atoms with E-state index in [1.54, 1.807) is 23.5 Å². The molecule has 8 heterocycles. The highest BCUT2D eigenvalue weighted by Gasteiger charge is 2.45. The number of fused-ring (bicyclic) bond motifs is 2. The minimum atomic E-state index is -0.908. The Morgan fingerprint density at radius 1 is 0.855 bits per heavy atom. The van der Waals surface area contributed by atoms with E-state index >= 15 is 0 Å². The van der Waals surface area contributed by atoms with Gasteiger partial charge in [0.1, 0.15) is 29.8 Å². The molecule has 438 valence electrons. The lowest BCUT2D eigenvalue weighted by atomic mass is 9.85. The highest BCUT2D eigenvalue weighted by atomic mass is 32.1. The Morgan fingerprint density at radius 2 is 1.61 bits per heavy atom. The number of hydrogen-bond donors (Lipinski definition) is 5. The Morgan fingerprint density at radius 3 is 2.31 bits per heavy atom. The number of pyridine rings is 2. The number of nitrogens with zero attached hydrogens (tertiary/aromatic N) is 10. The molecule has 6 aromatic rings. The number of phenols is 1. The molecule has 4 aliphatic heterocycles. The molecule has 2 bridgehead atoms. The number of nitrogen functional groups attached to an aromatic ring is 1. The number of aliphatic hydroxyl groups excluding tert-OH is 1. The van der Waals surface area contributed by atoms with Crippen LogP contribution in [0.1, 0.15) is 89.1 Å². The van der Waals surface area contributed by atoms with Gasteiger partial charge in [0.2, 0.25) is 23.6 Å². The maximum Gasteiger partial charge on any atom is 0.246 e. The number of amides is 3. The van der Waals surface area contributed by atoms with Crippen molar-refractivity contribution in [3.05, 3.63) is 114 Å². The summed E-state index contributed by atoms with van der Waals surface area (Å²) in [6, 6.07) is 23.9. The van der Waals surface area contributed by atoms with E-state index in [2.05, 4.69) is 74.7 Å². The van der Waals surface area contributed by atoms with Crippen molar-refractivity contribution < 1.29 is 34.1 Å². The molecule has 4 saturated heterocycles. The quantitative estimate of drug-likeness (QED) is 0.0540. The van der Waals surface area contributed by atoms with Crippen LogP contribution in [0.4, 0.5) is 23.0 Å². The van der Waals surface area contributed by atoms with E-state index in [0.29, 0.717) is 55.7 Å². The van der Waals surface area contributed by atoms with Crippen LogP contribution in [0.5, 0.6) is 11.6 Å². The summed E-state index contributed by atoms with van der Waals surface area (Å²) >= 11 is 1.58. The summed E-state index contributed by atoms with van der Waals surface area (Å²) in [6.07, 6.45) is 8.77. The number of rotatable bonds is 19. The first kappa shape index (κ1) is 57.4. The van der Waals surface area contributed by atoms with Gasteiger partial charge in [-0.1, -0.05) is 63.2 Å². The summed E-state index contributed by atoms with van der Waals surface area (Å²) in [4.78, 5) is 67.2. The standard InChI is InChI=1S/C62H77N13O7S/c1-38(41-13-15-42(16-14-41)57-39(2)66-37-83-57)67-60(79)52-28-46(76)35-74(52)61(80)58(62(3,4)5)68-55(78)36-71-22-24-72(25-23-71)54-19-12-40(32-65-54)9-8-26-81-47-29-48(30-47)82-56-27-43(20-21-64-56)75-44-17-18-45(75)34-73(33-44)51-31-50(69-70-59(51)63)49-10-6-7-11-53(49)77/h6-7,10-16,19-21,27,31-32,37-38,44-48,52,58,76-77H,8-9,17-18,22-26,28-30,33-36H2,1-5H3,(H2,63,70)(H,67,79)(H,68,78)/t38-,44?,45?,46+,47-,48-,52-,58+/m0/s1. The van der Waals surface area contributed by atoms with Crippen molar-refractivity contribution in [2.75, 3.05) is 79.4 Å². The minimum Gasteiger partial charge on any atom is -0.507 e. The highest BCUT2D eigenvalue weighted by molar-refractivity contribution is 7.13. The summed E-state index contributed by atoms with van der Waals surface area (Å²) in [6.45, 7) is 14.6. The molecule has 2 unspecified atom stereocenters. The molecule has 1 saturated carbocycles. The van der Waals surface area contributed by atoms with Gasteiger partial charge in [0.05, 0.1) is 52.3 Å². The molecule has 1 aliphatic carbocycles. The van der Waals surface area contributed by atoms with E-state index in [1.165, 1.54) is 4.90 Å². The molecular weight excluding hydrogens is 1070 g/mol. The molecule has 6 N–H and O–H groups in total.